The molecule has 4 aromatic rings. The fourth-order valence-electron chi connectivity index (χ4n) is 4.18. The third-order valence-corrected chi connectivity index (χ3v) is 7.47. The van der Waals surface area contributed by atoms with Crippen LogP contribution in [0.15, 0.2) is 96.3 Å². The number of imidazole rings is 1. The summed E-state index contributed by atoms with van der Waals surface area (Å²) in [6.07, 6.45) is 4.42. The van der Waals surface area contributed by atoms with E-state index >= 15 is 0 Å². The fraction of sp³-hybridized carbons (Fsp3) is 0.214. The molecule has 3 aromatic carbocycles. The maximum Gasteiger partial charge on any atom is 0.326 e. The van der Waals surface area contributed by atoms with Crippen molar-refractivity contribution in [3.8, 4) is 17.0 Å². The van der Waals surface area contributed by atoms with Gasteiger partial charge in [-0.1, -0.05) is 30.3 Å². The largest absolute Gasteiger partial charge is 0.489 e. The number of carbonyl (C=O) groups excluding carboxylic acids is 1. The SMILES string of the molecule is CS(=O)(=O)c1ccc(COc2ccc(-c3cn(C(=O)NCC4CN(c5ccccc5)C4)cn3)cc2)cc1. The number of nitrogens with one attached hydrogen (secondary N) is 1. The van der Waals surface area contributed by atoms with Gasteiger partial charge in [0, 0.05) is 49.3 Å². The Bertz CT molecular complexity index is 1460. The van der Waals surface area contributed by atoms with Crippen molar-refractivity contribution >= 4 is 21.6 Å². The number of benzene rings is 3. The highest BCUT2D eigenvalue weighted by Crippen LogP contribution is 2.24. The Labute approximate surface area is 216 Å². The molecule has 5 rings (SSSR count). The average molecular weight is 517 g/mol. The first-order valence-corrected chi connectivity index (χ1v) is 13.9. The molecule has 37 heavy (non-hydrogen) atoms. The highest BCUT2D eigenvalue weighted by atomic mass is 32.2. The molecule has 1 saturated heterocycles. The molecule has 0 spiro atoms. The van der Waals surface area contributed by atoms with Gasteiger partial charge in [0.2, 0.25) is 0 Å². The van der Waals surface area contributed by atoms with Crippen LogP contribution in [-0.4, -0.2) is 49.9 Å². The van der Waals surface area contributed by atoms with Gasteiger partial charge in [0.05, 0.1) is 10.6 Å². The number of rotatable bonds is 8. The first kappa shape index (κ1) is 24.6. The molecule has 8 nitrogen and oxygen atoms in total. The van der Waals surface area contributed by atoms with E-state index in [0.717, 1.165) is 24.2 Å². The minimum absolute atomic E-state index is 0.196. The number of hydrogen-bond donors (Lipinski definition) is 1. The summed E-state index contributed by atoms with van der Waals surface area (Å²) in [5.74, 6) is 1.11. The first-order valence-electron chi connectivity index (χ1n) is 12.0. The fourth-order valence-corrected chi connectivity index (χ4v) is 4.81. The van der Waals surface area contributed by atoms with Crippen molar-refractivity contribution in [1.29, 1.82) is 0 Å². The van der Waals surface area contributed by atoms with Crippen LogP contribution in [0.4, 0.5) is 10.5 Å². The Morgan fingerprint density at radius 3 is 2.38 bits per heavy atom. The second-order valence-electron chi connectivity index (χ2n) is 9.19. The summed E-state index contributed by atoms with van der Waals surface area (Å²) in [7, 11) is -3.21. The van der Waals surface area contributed by atoms with Crippen LogP contribution in [0.25, 0.3) is 11.3 Å². The molecule has 9 heteroatoms. The van der Waals surface area contributed by atoms with Crippen molar-refractivity contribution in [3.63, 3.8) is 0 Å². The maximum atomic E-state index is 12.6. The van der Waals surface area contributed by atoms with Gasteiger partial charge < -0.3 is 15.0 Å². The van der Waals surface area contributed by atoms with E-state index in [1.165, 1.54) is 22.8 Å². The van der Waals surface area contributed by atoms with Crippen LogP contribution >= 0.6 is 0 Å². The molecule has 0 aliphatic carbocycles. The maximum absolute atomic E-state index is 12.6. The van der Waals surface area contributed by atoms with Gasteiger partial charge in [0.25, 0.3) is 0 Å². The Hall–Kier alpha value is -4.11. The van der Waals surface area contributed by atoms with Crippen LogP contribution in [0.5, 0.6) is 5.75 Å². The predicted octanol–water partition coefficient (Wildman–Crippen LogP) is 4.23. The number of carbonyl (C=O) groups is 1. The molecule has 2 heterocycles. The topological polar surface area (TPSA) is 93.5 Å². The highest BCUT2D eigenvalue weighted by molar-refractivity contribution is 7.90. The van der Waals surface area contributed by atoms with Crippen LogP contribution in [-0.2, 0) is 16.4 Å². The van der Waals surface area contributed by atoms with E-state index in [-0.39, 0.29) is 10.9 Å². The Balaban J connectivity index is 1.10. The lowest BCUT2D eigenvalue weighted by atomic mass is 9.99. The zero-order valence-electron chi connectivity index (χ0n) is 20.4. The van der Waals surface area contributed by atoms with E-state index in [4.69, 9.17) is 4.74 Å². The zero-order valence-corrected chi connectivity index (χ0v) is 21.3. The number of sulfone groups is 1. The smallest absolute Gasteiger partial charge is 0.326 e. The van der Waals surface area contributed by atoms with E-state index < -0.39 is 9.84 Å². The molecule has 1 amide bonds. The van der Waals surface area contributed by atoms with Crippen molar-refractivity contribution in [2.24, 2.45) is 5.92 Å². The van der Waals surface area contributed by atoms with Crippen LogP contribution in [0.3, 0.4) is 0 Å². The van der Waals surface area contributed by atoms with Crippen LogP contribution in [0.2, 0.25) is 0 Å². The lowest BCUT2D eigenvalue weighted by molar-refractivity contribution is 0.238. The van der Waals surface area contributed by atoms with Crippen LogP contribution in [0.1, 0.15) is 5.56 Å². The second-order valence-corrected chi connectivity index (χ2v) is 11.2. The van der Waals surface area contributed by atoms with E-state index in [2.05, 4.69) is 27.3 Å². The number of para-hydroxylation sites is 1. The summed E-state index contributed by atoms with van der Waals surface area (Å²) in [6, 6.07) is 24.2. The summed E-state index contributed by atoms with van der Waals surface area (Å²) >= 11 is 0. The van der Waals surface area contributed by atoms with Gasteiger partial charge >= 0.3 is 6.03 Å². The predicted molar refractivity (Wildman–Crippen MR) is 142 cm³/mol. The number of aromatic nitrogens is 2. The highest BCUT2D eigenvalue weighted by Gasteiger charge is 2.27. The number of amides is 1. The number of ether oxygens (including phenoxy) is 1. The molecule has 190 valence electrons. The first-order chi connectivity index (χ1) is 17.8. The molecular formula is C28H28N4O4S. The lowest BCUT2D eigenvalue weighted by Gasteiger charge is -2.41. The van der Waals surface area contributed by atoms with Gasteiger partial charge in [-0.2, -0.15) is 0 Å². The minimum atomic E-state index is -3.21. The van der Waals surface area contributed by atoms with E-state index in [0.29, 0.717) is 30.5 Å². The van der Waals surface area contributed by atoms with Gasteiger partial charge in [-0.15, -0.1) is 0 Å². The summed E-state index contributed by atoms with van der Waals surface area (Å²) in [5, 5.41) is 2.99. The lowest BCUT2D eigenvalue weighted by Crippen LogP contribution is -2.51. The number of hydrogen-bond acceptors (Lipinski definition) is 6. The Morgan fingerprint density at radius 2 is 1.70 bits per heavy atom. The molecule has 1 aromatic heterocycles. The zero-order chi connectivity index (χ0) is 25.8. The van der Waals surface area contributed by atoms with Gasteiger partial charge in [-0.05, 0) is 54.1 Å². The van der Waals surface area contributed by atoms with E-state index in [1.54, 1.807) is 30.5 Å². The monoisotopic (exact) mass is 516 g/mol. The number of nitrogens with zero attached hydrogens (tertiary/aromatic N) is 3. The molecule has 1 fully saturated rings. The Kier molecular flexibility index (Phi) is 6.96. The van der Waals surface area contributed by atoms with Crippen molar-refractivity contribution in [2.75, 3.05) is 30.8 Å². The van der Waals surface area contributed by atoms with E-state index in [9.17, 15) is 13.2 Å². The summed E-state index contributed by atoms with van der Waals surface area (Å²) in [5.41, 5.74) is 3.64. The normalized spacial score (nSPS) is 13.7. The molecule has 0 saturated carbocycles. The molecule has 1 aliphatic rings. The van der Waals surface area contributed by atoms with Gasteiger partial charge in [-0.25, -0.2) is 18.2 Å². The second kappa shape index (κ2) is 10.5. The van der Waals surface area contributed by atoms with Crippen molar-refractivity contribution in [1.82, 2.24) is 14.9 Å². The van der Waals surface area contributed by atoms with Crippen molar-refractivity contribution < 1.29 is 17.9 Å². The molecule has 0 bridgehead atoms. The quantitative estimate of drug-likeness (QED) is 0.377. The molecule has 1 aliphatic heterocycles. The third-order valence-electron chi connectivity index (χ3n) is 6.34. The van der Waals surface area contributed by atoms with E-state index in [1.807, 2.05) is 42.5 Å². The van der Waals surface area contributed by atoms with Crippen molar-refractivity contribution in [2.45, 2.75) is 11.5 Å². The molecule has 0 atom stereocenters. The summed E-state index contributed by atoms with van der Waals surface area (Å²) in [6.45, 7) is 2.81. The molecule has 1 N–H and O–H groups in total. The standard InChI is InChI=1S/C28H28N4O4S/c1-37(34,35)26-13-7-21(8-14-26)19-36-25-11-9-23(10-12-25)27-18-32(20-30-27)28(33)29-15-22-16-31(17-22)24-5-3-2-4-6-24/h2-14,18,20,22H,15-17,19H2,1H3,(H,29,33). The van der Waals surface area contributed by atoms with Gasteiger partial charge in [-0.3, -0.25) is 4.57 Å². The number of anilines is 1. The third kappa shape index (κ3) is 6.00. The summed E-state index contributed by atoms with van der Waals surface area (Å²) in [4.78, 5) is 19.5. The van der Waals surface area contributed by atoms with Gasteiger partial charge in [0.1, 0.15) is 18.7 Å². The van der Waals surface area contributed by atoms with Crippen LogP contribution < -0.4 is 15.0 Å². The minimum Gasteiger partial charge on any atom is -0.489 e. The molecule has 0 unspecified atom stereocenters. The van der Waals surface area contributed by atoms with Gasteiger partial charge in [0.15, 0.2) is 9.84 Å². The molecule has 0 radical (unpaired) electrons. The molecular weight excluding hydrogens is 488 g/mol. The summed E-state index contributed by atoms with van der Waals surface area (Å²) < 4.78 is 30.4. The average Bonchev–Trinajstić information content (AvgIpc) is 3.38. The van der Waals surface area contributed by atoms with Crippen LogP contribution in [0, 0.1) is 5.92 Å². The Morgan fingerprint density at radius 1 is 1.00 bits per heavy atom. The van der Waals surface area contributed by atoms with Crippen molar-refractivity contribution in [3.05, 3.63) is 97.0 Å².